The highest BCUT2D eigenvalue weighted by atomic mass is 32.1. The van der Waals surface area contributed by atoms with Gasteiger partial charge in [-0.3, -0.25) is 9.69 Å². The highest BCUT2D eigenvalue weighted by Gasteiger charge is 2.48. The van der Waals surface area contributed by atoms with Crippen molar-refractivity contribution >= 4 is 33.1 Å². The smallest absolute Gasteiger partial charge is 0.274 e. The number of hydrogen-bond acceptors (Lipinski definition) is 4. The number of thiazole rings is 1. The number of anilines is 1. The van der Waals surface area contributed by atoms with Gasteiger partial charge >= 0.3 is 0 Å². The van der Waals surface area contributed by atoms with E-state index in [4.69, 9.17) is 4.74 Å². The van der Waals surface area contributed by atoms with Crippen molar-refractivity contribution in [2.75, 3.05) is 11.5 Å². The quantitative estimate of drug-likeness (QED) is 0.372. The van der Waals surface area contributed by atoms with Crippen LogP contribution in [0.1, 0.15) is 38.3 Å². The van der Waals surface area contributed by atoms with Gasteiger partial charge in [-0.15, -0.1) is 0 Å². The van der Waals surface area contributed by atoms with Gasteiger partial charge in [-0.25, -0.2) is 4.98 Å². The maximum Gasteiger partial charge on any atom is 0.274 e. The number of nitrogens with zero attached hydrogens (tertiary/aromatic N) is 2. The van der Waals surface area contributed by atoms with Gasteiger partial charge in [0, 0.05) is 5.69 Å². The minimum Gasteiger partial charge on any atom is -0.460 e. The summed E-state index contributed by atoms with van der Waals surface area (Å²) in [7, 11) is 0. The Balaban J connectivity index is 1.52. The predicted octanol–water partition coefficient (Wildman–Crippen LogP) is 6.31. The molecule has 0 saturated carbocycles. The van der Waals surface area contributed by atoms with Gasteiger partial charge < -0.3 is 4.74 Å². The van der Waals surface area contributed by atoms with Crippen LogP contribution in [-0.2, 0) is 15.7 Å². The number of rotatable bonds is 4. The molecule has 5 rings (SSSR count). The van der Waals surface area contributed by atoms with Crippen molar-refractivity contribution in [3.05, 3.63) is 90.0 Å². The highest BCUT2D eigenvalue weighted by molar-refractivity contribution is 7.20. The number of carbonyl (C=O) groups is 1. The fraction of sp³-hybridized carbons (Fsp3) is 0.259. The summed E-state index contributed by atoms with van der Waals surface area (Å²) in [4.78, 5) is 20.2. The Morgan fingerprint density at radius 1 is 0.969 bits per heavy atom. The van der Waals surface area contributed by atoms with Gasteiger partial charge in [0.15, 0.2) is 6.61 Å². The Morgan fingerprint density at radius 2 is 1.66 bits per heavy atom. The molecule has 3 aromatic carbocycles. The first kappa shape index (κ1) is 20.7. The molecule has 0 bridgehead atoms. The molecule has 1 aromatic heterocycles. The van der Waals surface area contributed by atoms with Crippen molar-refractivity contribution in [2.45, 2.75) is 38.1 Å². The van der Waals surface area contributed by atoms with E-state index in [1.54, 1.807) is 0 Å². The monoisotopic (exact) mass is 442 g/mol. The molecule has 1 atom stereocenters. The van der Waals surface area contributed by atoms with Crippen molar-refractivity contribution in [2.24, 2.45) is 0 Å². The molecule has 1 amide bonds. The van der Waals surface area contributed by atoms with Crippen LogP contribution in [0.5, 0.6) is 5.19 Å². The molecule has 4 aromatic rings. The Bertz CT molecular complexity index is 1250. The van der Waals surface area contributed by atoms with E-state index < -0.39 is 5.54 Å². The molecule has 0 spiro atoms. The van der Waals surface area contributed by atoms with Gasteiger partial charge in [-0.1, -0.05) is 85.8 Å². The molecule has 5 heteroatoms. The fourth-order valence-corrected chi connectivity index (χ4v) is 5.90. The van der Waals surface area contributed by atoms with Gasteiger partial charge in [0.2, 0.25) is 0 Å². The van der Waals surface area contributed by atoms with E-state index in [0.29, 0.717) is 5.19 Å². The summed E-state index contributed by atoms with van der Waals surface area (Å²) in [6.07, 6.45) is 0.813. The SMILES string of the molecule is CC1(C)CC(C)(c2ccccc2)N(C(=O)COc2nc3ccccc3s2)c2ccccc21. The summed E-state index contributed by atoms with van der Waals surface area (Å²) in [6.45, 7) is 6.62. The van der Waals surface area contributed by atoms with Crippen LogP contribution >= 0.6 is 11.3 Å². The Morgan fingerprint density at radius 3 is 2.44 bits per heavy atom. The largest absolute Gasteiger partial charge is 0.460 e. The van der Waals surface area contributed by atoms with Crippen molar-refractivity contribution in [1.29, 1.82) is 0 Å². The third-order valence-corrected chi connectivity index (χ3v) is 7.34. The van der Waals surface area contributed by atoms with E-state index in [0.717, 1.165) is 27.9 Å². The molecule has 1 aliphatic rings. The minimum absolute atomic E-state index is 0.0585. The second-order valence-corrected chi connectivity index (χ2v) is 10.2. The molecule has 1 aliphatic heterocycles. The second-order valence-electron chi connectivity index (χ2n) is 9.18. The lowest BCUT2D eigenvalue weighted by molar-refractivity contribution is -0.122. The summed E-state index contributed by atoms with van der Waals surface area (Å²) in [6, 6.07) is 26.4. The number of hydrogen-bond donors (Lipinski definition) is 0. The standard InChI is InChI=1S/C27H26N2O2S/c1-26(2)18-27(3,19-11-5-4-6-12-19)29(22-15-9-7-13-20(22)26)24(30)17-31-25-28-21-14-8-10-16-23(21)32-25/h4-16H,17-18H2,1-3H3. The summed E-state index contributed by atoms with van der Waals surface area (Å²) < 4.78 is 6.97. The van der Waals surface area contributed by atoms with Crippen molar-refractivity contribution < 1.29 is 9.53 Å². The number of carbonyl (C=O) groups excluding carboxylic acids is 1. The van der Waals surface area contributed by atoms with Crippen molar-refractivity contribution in [3.63, 3.8) is 0 Å². The Hall–Kier alpha value is -3.18. The average Bonchev–Trinajstić information content (AvgIpc) is 3.21. The summed E-state index contributed by atoms with van der Waals surface area (Å²) in [5, 5.41) is 0.520. The number of fused-ring (bicyclic) bond motifs is 2. The van der Waals surface area contributed by atoms with Crippen LogP contribution < -0.4 is 9.64 Å². The number of benzene rings is 3. The zero-order valence-electron chi connectivity index (χ0n) is 18.5. The van der Waals surface area contributed by atoms with Gasteiger partial charge in [0.05, 0.1) is 15.8 Å². The van der Waals surface area contributed by atoms with Crippen LogP contribution in [0.4, 0.5) is 5.69 Å². The van der Waals surface area contributed by atoms with Crippen LogP contribution in [0, 0.1) is 0 Å². The van der Waals surface area contributed by atoms with E-state index in [9.17, 15) is 4.79 Å². The summed E-state index contributed by atoms with van der Waals surface area (Å²) in [5.41, 5.74) is 3.57. The van der Waals surface area contributed by atoms with E-state index in [-0.39, 0.29) is 17.9 Å². The molecule has 0 radical (unpaired) electrons. The molecule has 1 unspecified atom stereocenters. The molecular weight excluding hydrogens is 416 g/mol. The molecular formula is C27H26N2O2S. The van der Waals surface area contributed by atoms with Crippen molar-refractivity contribution in [1.82, 2.24) is 4.98 Å². The van der Waals surface area contributed by atoms with Crippen LogP contribution in [0.2, 0.25) is 0 Å². The third kappa shape index (κ3) is 3.47. The third-order valence-electron chi connectivity index (χ3n) is 6.39. The second kappa shape index (κ2) is 7.75. The molecule has 0 N–H and O–H groups in total. The van der Waals surface area contributed by atoms with E-state index in [2.05, 4.69) is 44.0 Å². The van der Waals surface area contributed by atoms with Crippen LogP contribution in [0.25, 0.3) is 10.2 Å². The van der Waals surface area contributed by atoms with Crippen LogP contribution in [-0.4, -0.2) is 17.5 Å². The molecule has 0 saturated heterocycles. The predicted molar refractivity (Wildman–Crippen MR) is 130 cm³/mol. The normalized spacial score (nSPS) is 19.5. The summed E-state index contributed by atoms with van der Waals surface area (Å²) in [5.74, 6) is -0.0708. The lowest BCUT2D eigenvalue weighted by Crippen LogP contribution is -2.55. The number of para-hydroxylation sites is 2. The van der Waals surface area contributed by atoms with Gasteiger partial charge in [0.25, 0.3) is 11.1 Å². The summed E-state index contributed by atoms with van der Waals surface area (Å²) >= 11 is 1.46. The molecule has 4 nitrogen and oxygen atoms in total. The number of aromatic nitrogens is 1. The lowest BCUT2D eigenvalue weighted by Gasteiger charge is -2.51. The first-order valence-electron chi connectivity index (χ1n) is 10.8. The van der Waals surface area contributed by atoms with E-state index in [1.807, 2.05) is 65.6 Å². The molecule has 2 heterocycles. The topological polar surface area (TPSA) is 42.4 Å². The lowest BCUT2D eigenvalue weighted by atomic mass is 9.67. The maximum absolute atomic E-state index is 13.7. The number of ether oxygens (including phenoxy) is 1. The molecule has 32 heavy (non-hydrogen) atoms. The highest BCUT2D eigenvalue weighted by Crippen LogP contribution is 2.51. The van der Waals surface area contributed by atoms with Crippen LogP contribution in [0.3, 0.4) is 0 Å². The fourth-order valence-electron chi connectivity index (χ4n) is 5.08. The maximum atomic E-state index is 13.7. The Kier molecular flexibility index (Phi) is 5.01. The van der Waals surface area contributed by atoms with Gasteiger partial charge in [-0.2, -0.15) is 0 Å². The van der Waals surface area contributed by atoms with E-state index in [1.165, 1.54) is 16.9 Å². The van der Waals surface area contributed by atoms with Gasteiger partial charge in [0.1, 0.15) is 0 Å². The Labute approximate surface area is 192 Å². The van der Waals surface area contributed by atoms with Crippen molar-refractivity contribution in [3.8, 4) is 5.19 Å². The number of amides is 1. The first-order valence-corrected chi connectivity index (χ1v) is 11.7. The molecule has 162 valence electrons. The van der Waals surface area contributed by atoms with Crippen LogP contribution in [0.15, 0.2) is 78.9 Å². The first-order chi connectivity index (χ1) is 15.4. The van der Waals surface area contributed by atoms with E-state index >= 15 is 0 Å². The zero-order valence-corrected chi connectivity index (χ0v) is 19.4. The molecule has 0 aliphatic carbocycles. The van der Waals surface area contributed by atoms with Gasteiger partial charge in [-0.05, 0) is 48.1 Å². The minimum atomic E-state index is -0.493. The zero-order chi connectivity index (χ0) is 22.3. The average molecular weight is 443 g/mol. The molecule has 0 fully saturated rings.